The quantitative estimate of drug-likeness (QED) is 0.660. The SMILES string of the molecule is [2H]c1c2c(c([2H])c(OC)c1OC)C1([2H])CC(OC(=O)[C@@]([2H])(N)C([2H])(C([2H])([2H])[2H])C([2H])([2H])[2H])C(C([2H])([2H])C([2H])(C)C([2H])([2H])[2H])CN1CC2. The Balaban J connectivity index is 2.28. The van der Waals surface area contributed by atoms with Crippen molar-refractivity contribution in [3.05, 3.63) is 23.2 Å². The fraction of sp³-hybridized carbons (Fsp3) is 0.708. The van der Waals surface area contributed by atoms with Crippen LogP contribution in [0.2, 0.25) is 0 Å². The van der Waals surface area contributed by atoms with E-state index in [1.165, 1.54) is 19.1 Å². The maximum absolute atomic E-state index is 13.6. The predicted octanol–water partition coefficient (Wildman–Crippen LogP) is 3.56. The van der Waals surface area contributed by atoms with Crippen LogP contribution in [-0.2, 0) is 16.0 Å². The first-order valence-electron chi connectivity index (χ1n) is 17.9. The van der Waals surface area contributed by atoms with Gasteiger partial charge in [-0.3, -0.25) is 9.69 Å². The summed E-state index contributed by atoms with van der Waals surface area (Å²) in [5.74, 6) is -11.0. The Morgan fingerprint density at radius 2 is 2.13 bits per heavy atom. The van der Waals surface area contributed by atoms with Crippen LogP contribution in [0.3, 0.4) is 0 Å². The number of nitrogens with two attached hydrogens (primary N) is 1. The minimum atomic E-state index is -3.98. The molecule has 6 nitrogen and oxygen atoms in total. The third-order valence-corrected chi connectivity index (χ3v) is 5.13. The summed E-state index contributed by atoms with van der Waals surface area (Å²) in [6.45, 7) is -10.8. The van der Waals surface area contributed by atoms with Crippen molar-refractivity contribution in [2.24, 2.45) is 23.4 Å². The van der Waals surface area contributed by atoms with Crippen LogP contribution in [0.25, 0.3) is 0 Å². The number of benzene rings is 1. The molecule has 0 spiro atoms. The molecule has 0 amide bonds. The van der Waals surface area contributed by atoms with Gasteiger partial charge in [-0.25, -0.2) is 0 Å². The topological polar surface area (TPSA) is 74.0 Å². The van der Waals surface area contributed by atoms with Crippen LogP contribution in [0.4, 0.5) is 0 Å². The Labute approximate surface area is 204 Å². The van der Waals surface area contributed by atoms with E-state index >= 15 is 0 Å². The van der Waals surface area contributed by atoms with E-state index in [2.05, 4.69) is 0 Å². The molecule has 2 heterocycles. The van der Waals surface area contributed by atoms with E-state index in [4.69, 9.17) is 41.9 Å². The van der Waals surface area contributed by atoms with Gasteiger partial charge in [0.25, 0.3) is 0 Å². The summed E-state index contributed by atoms with van der Waals surface area (Å²) >= 11 is 0. The summed E-state index contributed by atoms with van der Waals surface area (Å²) in [6, 6.07) is -6.58. The van der Waals surface area contributed by atoms with Crippen molar-refractivity contribution in [3.63, 3.8) is 0 Å². The summed E-state index contributed by atoms with van der Waals surface area (Å²) in [5, 5.41) is 0. The Morgan fingerprint density at radius 3 is 2.80 bits per heavy atom. The number of rotatable bonds is 7. The second kappa shape index (κ2) is 9.56. The summed E-state index contributed by atoms with van der Waals surface area (Å²) in [5.41, 5.74) is 5.79. The number of piperidine rings is 1. The van der Waals surface area contributed by atoms with Crippen LogP contribution in [-0.4, -0.2) is 50.3 Å². The van der Waals surface area contributed by atoms with E-state index in [0.29, 0.717) is 0 Å². The van der Waals surface area contributed by atoms with E-state index in [9.17, 15) is 6.17 Å². The molecule has 0 saturated carbocycles. The van der Waals surface area contributed by atoms with Crippen LogP contribution in [0.5, 0.6) is 11.5 Å². The van der Waals surface area contributed by atoms with Gasteiger partial charge in [-0.05, 0) is 47.8 Å². The van der Waals surface area contributed by atoms with Crippen molar-refractivity contribution in [2.45, 2.75) is 64.8 Å². The lowest BCUT2D eigenvalue weighted by molar-refractivity contribution is -0.160. The molecule has 0 aromatic heterocycles. The molecule has 3 rings (SSSR count). The zero-order valence-electron chi connectivity index (χ0n) is 34.1. The summed E-state index contributed by atoms with van der Waals surface area (Å²) < 4.78 is 156. The number of hydrogen-bond donors (Lipinski definition) is 1. The predicted molar refractivity (Wildman–Crippen MR) is 118 cm³/mol. The van der Waals surface area contributed by atoms with Crippen LogP contribution < -0.4 is 15.2 Å². The highest BCUT2D eigenvalue weighted by atomic mass is 16.5. The Bertz CT molecular complexity index is 1380. The molecule has 0 aliphatic carbocycles. The molecular formula is C24H38N2O4. The number of nitrogens with zero attached hydrogens (tertiary/aromatic N) is 1. The van der Waals surface area contributed by atoms with E-state index in [1.807, 2.05) is 0 Å². The minimum Gasteiger partial charge on any atom is -0.493 e. The molecule has 6 heteroatoms. The first-order chi connectivity index (χ1) is 20.9. The zero-order chi connectivity index (χ0) is 36.7. The summed E-state index contributed by atoms with van der Waals surface area (Å²) in [4.78, 5) is 15.0. The van der Waals surface area contributed by atoms with Gasteiger partial charge in [0.1, 0.15) is 12.1 Å². The Hall–Kier alpha value is -1.79. The van der Waals surface area contributed by atoms with Gasteiger partial charge in [0.05, 0.1) is 19.7 Å². The number of esters is 1. The number of fused-ring (bicyclic) bond motifs is 3. The second-order valence-corrected chi connectivity index (χ2v) is 7.13. The van der Waals surface area contributed by atoms with Crippen molar-refractivity contribution in [2.75, 3.05) is 27.3 Å². The number of carbonyl (C=O) groups excluding carboxylic acids is 1. The molecule has 168 valence electrons. The van der Waals surface area contributed by atoms with Crippen molar-refractivity contribution < 1.29 is 42.3 Å². The molecule has 1 aromatic carbocycles. The maximum Gasteiger partial charge on any atom is 0.323 e. The number of methoxy groups -OCH3 is 2. The van der Waals surface area contributed by atoms with Crippen molar-refractivity contribution in [3.8, 4) is 11.5 Å². The summed E-state index contributed by atoms with van der Waals surface area (Å²) in [6.07, 6.45) is -5.80. The fourth-order valence-corrected chi connectivity index (χ4v) is 3.73. The first kappa shape index (κ1) is 9.37. The van der Waals surface area contributed by atoms with Crippen molar-refractivity contribution in [1.29, 1.82) is 0 Å². The normalized spacial score (nSPS) is 40.7. The van der Waals surface area contributed by atoms with Gasteiger partial charge in [-0.1, -0.05) is 27.5 Å². The lowest BCUT2D eigenvalue weighted by Gasteiger charge is -2.47. The van der Waals surface area contributed by atoms with Gasteiger partial charge in [-0.15, -0.1) is 0 Å². The summed E-state index contributed by atoms with van der Waals surface area (Å²) in [7, 11) is 2.46. The largest absolute Gasteiger partial charge is 0.493 e. The standard InChI is InChI=1S/C24H38N2O4/c1-14(2)9-17-13-26-8-7-16-10-21(28-5)22(29-6)11-18(16)19(26)12-20(17)30-24(27)23(25)15(3)4/h10-11,14-15,17,19-20,23H,7-9,12-13,25H2,1-6H3/t17?,19?,20?,23-/m0/s1/i1D3,3D3,4D3,9D2,10D,11D,14D,15D,19D,23D/t14?,17?,19?,20?,23-. The lowest BCUT2D eigenvalue weighted by atomic mass is 9.79. The molecule has 2 aliphatic rings. The highest BCUT2D eigenvalue weighted by Crippen LogP contribution is 2.44. The molecule has 1 saturated heterocycles. The fourth-order valence-electron chi connectivity index (χ4n) is 3.73. The highest BCUT2D eigenvalue weighted by Gasteiger charge is 2.41. The average molecular weight is 436 g/mol. The van der Waals surface area contributed by atoms with Gasteiger partial charge >= 0.3 is 5.97 Å². The third-order valence-electron chi connectivity index (χ3n) is 5.13. The molecule has 30 heavy (non-hydrogen) atoms. The Morgan fingerprint density at radius 1 is 1.40 bits per heavy atom. The van der Waals surface area contributed by atoms with Gasteiger partial charge in [-0.2, -0.15) is 0 Å². The average Bonchev–Trinajstić information content (AvgIpc) is 2.90. The third kappa shape index (κ3) is 4.75. The Kier molecular flexibility index (Phi) is 2.99. The number of hydrogen-bond acceptors (Lipinski definition) is 6. The molecular weight excluding hydrogens is 380 g/mol. The van der Waals surface area contributed by atoms with E-state index in [-0.39, 0.29) is 41.6 Å². The van der Waals surface area contributed by atoms with E-state index < -0.39 is 87.8 Å². The maximum atomic E-state index is 13.6. The minimum absolute atomic E-state index is 0.0414. The molecule has 5 atom stereocenters. The van der Waals surface area contributed by atoms with Crippen LogP contribution in [0, 0.1) is 17.7 Å². The monoisotopic (exact) mass is 435 g/mol. The van der Waals surface area contributed by atoms with Crippen LogP contribution in [0.1, 0.15) is 80.7 Å². The number of carbonyl (C=O) groups is 1. The van der Waals surface area contributed by atoms with Crippen LogP contribution >= 0.6 is 0 Å². The smallest absolute Gasteiger partial charge is 0.323 e. The van der Waals surface area contributed by atoms with Gasteiger partial charge in [0.2, 0.25) is 0 Å². The number of ether oxygens (including phenoxy) is 3. The first-order valence-corrected chi connectivity index (χ1v) is 9.41. The van der Waals surface area contributed by atoms with Crippen molar-refractivity contribution in [1.82, 2.24) is 4.90 Å². The van der Waals surface area contributed by atoms with Gasteiger partial charge in [0, 0.05) is 49.3 Å². The van der Waals surface area contributed by atoms with Gasteiger partial charge < -0.3 is 19.9 Å². The lowest BCUT2D eigenvalue weighted by Crippen LogP contribution is -2.51. The molecule has 4 unspecified atom stereocenters. The molecule has 0 radical (unpaired) electrons. The molecule has 1 fully saturated rings. The highest BCUT2D eigenvalue weighted by molar-refractivity contribution is 5.76. The zero-order valence-corrected chi connectivity index (χ0v) is 17.1. The molecule has 0 bridgehead atoms. The van der Waals surface area contributed by atoms with E-state index in [1.54, 1.807) is 0 Å². The molecule has 2 N–H and O–H groups in total. The molecule has 1 aromatic rings. The van der Waals surface area contributed by atoms with Gasteiger partial charge in [0.15, 0.2) is 11.5 Å². The second-order valence-electron chi connectivity index (χ2n) is 7.13. The van der Waals surface area contributed by atoms with Crippen LogP contribution in [0.15, 0.2) is 12.1 Å². The van der Waals surface area contributed by atoms with E-state index in [0.717, 1.165) is 6.92 Å². The van der Waals surface area contributed by atoms with Crippen molar-refractivity contribution >= 4 is 5.97 Å². The molecule has 2 aliphatic heterocycles.